The minimum atomic E-state index is -0.465. The molecular formula is C15H13N3O. The van der Waals surface area contributed by atoms with Crippen LogP contribution in [-0.2, 0) is 7.05 Å². The topological polar surface area (TPSA) is 60.9 Å². The first kappa shape index (κ1) is 11.5. The van der Waals surface area contributed by atoms with Crippen LogP contribution in [0.25, 0.3) is 22.2 Å². The molecule has 4 nitrogen and oxygen atoms in total. The number of para-hydroxylation sites is 1. The maximum Gasteiger partial charge on any atom is 0.250 e. The maximum atomic E-state index is 11.2. The third kappa shape index (κ3) is 1.87. The van der Waals surface area contributed by atoms with E-state index in [1.165, 1.54) is 6.20 Å². The van der Waals surface area contributed by atoms with E-state index in [9.17, 15) is 4.79 Å². The Morgan fingerprint density at radius 3 is 2.74 bits per heavy atom. The highest BCUT2D eigenvalue weighted by Gasteiger charge is 2.09. The number of pyridine rings is 1. The number of carbonyl (C=O) groups excluding carboxylic acids is 1. The second kappa shape index (κ2) is 4.24. The van der Waals surface area contributed by atoms with Crippen molar-refractivity contribution in [3.63, 3.8) is 0 Å². The van der Waals surface area contributed by atoms with Crippen molar-refractivity contribution in [2.45, 2.75) is 0 Å². The number of nitrogens with two attached hydrogens (primary N) is 1. The normalized spacial score (nSPS) is 10.8. The number of fused-ring (bicyclic) bond motifs is 1. The Morgan fingerprint density at radius 1 is 1.21 bits per heavy atom. The van der Waals surface area contributed by atoms with E-state index >= 15 is 0 Å². The molecule has 0 aliphatic heterocycles. The van der Waals surface area contributed by atoms with Gasteiger partial charge in [0, 0.05) is 35.9 Å². The Hall–Kier alpha value is -2.62. The summed E-state index contributed by atoms with van der Waals surface area (Å²) in [5.41, 5.74) is 8.74. The molecule has 0 saturated heterocycles. The molecular weight excluding hydrogens is 238 g/mol. The molecule has 3 aromatic rings. The Kier molecular flexibility index (Phi) is 2.56. The van der Waals surface area contributed by atoms with Gasteiger partial charge >= 0.3 is 0 Å². The number of benzene rings is 1. The van der Waals surface area contributed by atoms with Crippen molar-refractivity contribution < 1.29 is 4.79 Å². The van der Waals surface area contributed by atoms with Crippen molar-refractivity contribution in [1.29, 1.82) is 0 Å². The third-order valence-electron chi connectivity index (χ3n) is 3.27. The van der Waals surface area contributed by atoms with Crippen molar-refractivity contribution in [3.8, 4) is 11.3 Å². The van der Waals surface area contributed by atoms with Gasteiger partial charge < -0.3 is 10.3 Å². The average Bonchev–Trinajstić information content (AvgIpc) is 2.77. The fourth-order valence-electron chi connectivity index (χ4n) is 2.28. The number of rotatable bonds is 2. The molecule has 0 fully saturated rings. The highest BCUT2D eigenvalue weighted by Crippen LogP contribution is 2.26. The number of amides is 1. The van der Waals surface area contributed by atoms with E-state index in [4.69, 9.17) is 5.73 Å². The molecule has 0 radical (unpaired) electrons. The van der Waals surface area contributed by atoms with Crippen LogP contribution in [0.15, 0.2) is 48.8 Å². The zero-order chi connectivity index (χ0) is 13.4. The minimum absolute atomic E-state index is 0.419. The summed E-state index contributed by atoms with van der Waals surface area (Å²) >= 11 is 0. The lowest BCUT2D eigenvalue weighted by atomic mass is 10.1. The number of nitrogens with zero attached hydrogens (tertiary/aromatic N) is 2. The summed E-state index contributed by atoms with van der Waals surface area (Å²) in [6, 6.07) is 12.0. The summed E-state index contributed by atoms with van der Waals surface area (Å²) in [6.07, 6.45) is 3.22. The van der Waals surface area contributed by atoms with Crippen molar-refractivity contribution >= 4 is 16.8 Å². The van der Waals surface area contributed by atoms with Crippen LogP contribution >= 0.6 is 0 Å². The van der Waals surface area contributed by atoms with Crippen molar-refractivity contribution in [3.05, 3.63) is 54.4 Å². The van der Waals surface area contributed by atoms with Gasteiger partial charge in [0.05, 0.1) is 11.3 Å². The molecule has 2 aromatic heterocycles. The smallest absolute Gasteiger partial charge is 0.250 e. The predicted molar refractivity (Wildman–Crippen MR) is 74.7 cm³/mol. The summed E-state index contributed by atoms with van der Waals surface area (Å²) in [6.45, 7) is 0. The SMILES string of the molecule is Cn1c(-c2cncc(C(N)=O)c2)cc2ccccc21. The fourth-order valence-corrected chi connectivity index (χ4v) is 2.28. The molecule has 1 amide bonds. The van der Waals surface area contributed by atoms with Gasteiger partial charge in [-0.2, -0.15) is 0 Å². The number of aromatic nitrogens is 2. The monoisotopic (exact) mass is 251 g/mol. The number of hydrogen-bond acceptors (Lipinski definition) is 2. The first-order valence-corrected chi connectivity index (χ1v) is 5.96. The molecule has 19 heavy (non-hydrogen) atoms. The zero-order valence-electron chi connectivity index (χ0n) is 10.5. The van der Waals surface area contributed by atoms with E-state index in [1.807, 2.05) is 19.2 Å². The fraction of sp³-hybridized carbons (Fsp3) is 0.0667. The predicted octanol–water partition coefficient (Wildman–Crippen LogP) is 2.34. The van der Waals surface area contributed by atoms with E-state index in [0.717, 1.165) is 22.2 Å². The average molecular weight is 251 g/mol. The Balaban J connectivity index is 2.21. The highest BCUT2D eigenvalue weighted by molar-refractivity contribution is 5.94. The van der Waals surface area contributed by atoms with Gasteiger partial charge in [-0.3, -0.25) is 9.78 Å². The van der Waals surface area contributed by atoms with Gasteiger partial charge in [-0.25, -0.2) is 0 Å². The summed E-state index contributed by atoms with van der Waals surface area (Å²) < 4.78 is 2.08. The van der Waals surface area contributed by atoms with E-state index in [1.54, 1.807) is 12.3 Å². The number of carbonyl (C=O) groups is 1. The van der Waals surface area contributed by atoms with E-state index in [-0.39, 0.29) is 0 Å². The van der Waals surface area contributed by atoms with Gasteiger partial charge in [0.1, 0.15) is 0 Å². The third-order valence-corrected chi connectivity index (χ3v) is 3.27. The molecule has 94 valence electrons. The summed E-state index contributed by atoms with van der Waals surface area (Å²) in [5.74, 6) is -0.465. The number of hydrogen-bond donors (Lipinski definition) is 1. The summed E-state index contributed by atoms with van der Waals surface area (Å²) in [7, 11) is 1.99. The first-order chi connectivity index (χ1) is 9.16. The number of aryl methyl sites for hydroxylation is 1. The van der Waals surface area contributed by atoms with E-state index < -0.39 is 5.91 Å². The second-order valence-electron chi connectivity index (χ2n) is 4.47. The molecule has 0 aliphatic rings. The minimum Gasteiger partial charge on any atom is -0.366 e. The van der Waals surface area contributed by atoms with Gasteiger partial charge in [0.2, 0.25) is 5.91 Å². The van der Waals surface area contributed by atoms with Crippen LogP contribution in [0, 0.1) is 0 Å². The van der Waals surface area contributed by atoms with Crippen molar-refractivity contribution in [2.24, 2.45) is 12.8 Å². The van der Waals surface area contributed by atoms with Gasteiger partial charge in [-0.1, -0.05) is 18.2 Å². The number of primary amides is 1. The van der Waals surface area contributed by atoms with Crippen LogP contribution in [-0.4, -0.2) is 15.5 Å². The molecule has 1 aromatic carbocycles. The molecule has 0 bridgehead atoms. The molecule has 2 N–H and O–H groups in total. The van der Waals surface area contributed by atoms with Crippen LogP contribution in [0.4, 0.5) is 0 Å². The molecule has 2 heterocycles. The van der Waals surface area contributed by atoms with Crippen LogP contribution in [0.2, 0.25) is 0 Å². The van der Waals surface area contributed by atoms with Crippen molar-refractivity contribution in [2.75, 3.05) is 0 Å². The van der Waals surface area contributed by atoms with Gasteiger partial charge in [0.15, 0.2) is 0 Å². The van der Waals surface area contributed by atoms with Gasteiger partial charge in [0.25, 0.3) is 0 Å². The van der Waals surface area contributed by atoms with E-state index in [2.05, 4.69) is 27.8 Å². The van der Waals surface area contributed by atoms with Gasteiger partial charge in [-0.05, 0) is 18.2 Å². The molecule has 0 unspecified atom stereocenters. The molecule has 3 rings (SSSR count). The molecule has 0 atom stereocenters. The maximum absolute atomic E-state index is 11.2. The standard InChI is InChI=1S/C15H13N3O/c1-18-13-5-3-2-4-10(13)7-14(18)11-6-12(15(16)19)9-17-8-11/h2-9H,1H3,(H2,16,19). The highest BCUT2D eigenvalue weighted by atomic mass is 16.1. The summed E-state index contributed by atoms with van der Waals surface area (Å²) in [5, 5.41) is 1.16. The second-order valence-corrected chi connectivity index (χ2v) is 4.47. The molecule has 4 heteroatoms. The Labute approximate surface area is 110 Å². The van der Waals surface area contributed by atoms with E-state index in [0.29, 0.717) is 5.56 Å². The Morgan fingerprint density at radius 2 is 2.00 bits per heavy atom. The zero-order valence-corrected chi connectivity index (χ0v) is 10.5. The van der Waals surface area contributed by atoms with Crippen LogP contribution < -0.4 is 5.73 Å². The molecule has 0 spiro atoms. The lowest BCUT2D eigenvalue weighted by Gasteiger charge is -2.05. The quantitative estimate of drug-likeness (QED) is 0.760. The molecule has 0 aliphatic carbocycles. The lowest BCUT2D eigenvalue weighted by Crippen LogP contribution is -2.11. The van der Waals surface area contributed by atoms with Crippen LogP contribution in [0.3, 0.4) is 0 Å². The largest absolute Gasteiger partial charge is 0.366 e. The van der Waals surface area contributed by atoms with Crippen LogP contribution in [0.1, 0.15) is 10.4 Å². The first-order valence-electron chi connectivity index (χ1n) is 5.96. The van der Waals surface area contributed by atoms with Crippen molar-refractivity contribution in [1.82, 2.24) is 9.55 Å². The summed E-state index contributed by atoms with van der Waals surface area (Å²) in [4.78, 5) is 15.3. The molecule has 0 saturated carbocycles. The lowest BCUT2D eigenvalue weighted by molar-refractivity contribution is 0.1000. The Bertz CT molecular complexity index is 774. The van der Waals surface area contributed by atoms with Gasteiger partial charge in [-0.15, -0.1) is 0 Å². The van der Waals surface area contributed by atoms with Crippen LogP contribution in [0.5, 0.6) is 0 Å².